The minimum atomic E-state index is -5.27. The summed E-state index contributed by atoms with van der Waals surface area (Å²) >= 11 is 3.35. The molecule has 0 bridgehead atoms. The highest BCUT2D eigenvalue weighted by atomic mass is 79.9. The van der Waals surface area contributed by atoms with Crippen LogP contribution in [0.3, 0.4) is 0 Å². The number of hydrogen-bond donors (Lipinski definition) is 1. The SMILES string of the molecule is NC(C(=O)OC(=O)C(F)(F)F)c1ccc(-c2cnc3cc(Br)ccc3n2)cc1. The van der Waals surface area contributed by atoms with Crippen LogP contribution in [0.25, 0.3) is 22.3 Å². The predicted octanol–water partition coefficient (Wildman–Crippen LogP) is 3.69. The Kier molecular flexibility index (Phi) is 5.43. The van der Waals surface area contributed by atoms with E-state index in [0.717, 1.165) is 4.47 Å². The zero-order chi connectivity index (χ0) is 20.5. The lowest BCUT2D eigenvalue weighted by molar-refractivity contribution is -0.202. The maximum absolute atomic E-state index is 12.2. The van der Waals surface area contributed by atoms with Gasteiger partial charge in [0.2, 0.25) is 0 Å². The maximum atomic E-state index is 12.2. The van der Waals surface area contributed by atoms with Crippen LogP contribution in [0, 0.1) is 0 Å². The highest BCUT2D eigenvalue weighted by molar-refractivity contribution is 9.10. The Labute approximate surface area is 164 Å². The van der Waals surface area contributed by atoms with Gasteiger partial charge in [0, 0.05) is 10.0 Å². The van der Waals surface area contributed by atoms with Crippen LogP contribution < -0.4 is 5.73 Å². The number of carbonyl (C=O) groups is 2. The quantitative estimate of drug-likeness (QED) is 0.479. The summed E-state index contributed by atoms with van der Waals surface area (Å²) in [5.41, 5.74) is 8.36. The third-order valence-electron chi connectivity index (χ3n) is 3.75. The Morgan fingerprint density at radius 3 is 2.39 bits per heavy atom. The molecule has 1 aromatic heterocycles. The van der Waals surface area contributed by atoms with Gasteiger partial charge in [-0.1, -0.05) is 40.2 Å². The van der Waals surface area contributed by atoms with Crippen molar-refractivity contribution in [2.24, 2.45) is 5.73 Å². The van der Waals surface area contributed by atoms with Gasteiger partial charge in [-0.3, -0.25) is 4.98 Å². The molecule has 0 spiro atoms. The Morgan fingerprint density at radius 2 is 1.75 bits per heavy atom. The van der Waals surface area contributed by atoms with Crippen LogP contribution in [0.4, 0.5) is 13.2 Å². The van der Waals surface area contributed by atoms with Gasteiger partial charge in [0.25, 0.3) is 0 Å². The van der Waals surface area contributed by atoms with E-state index in [2.05, 4.69) is 30.6 Å². The number of nitrogens with zero attached hydrogens (tertiary/aromatic N) is 2. The first-order valence-corrected chi connectivity index (χ1v) is 8.55. The molecule has 0 aliphatic carbocycles. The van der Waals surface area contributed by atoms with Crippen molar-refractivity contribution in [3.8, 4) is 11.3 Å². The Hall–Kier alpha value is -2.85. The molecule has 0 aliphatic heterocycles. The van der Waals surface area contributed by atoms with E-state index < -0.39 is 24.2 Å². The molecule has 3 rings (SSSR count). The number of fused-ring (bicyclic) bond motifs is 1. The molecule has 0 saturated heterocycles. The van der Waals surface area contributed by atoms with Crippen molar-refractivity contribution in [3.63, 3.8) is 0 Å². The molecule has 10 heteroatoms. The minimum Gasteiger partial charge on any atom is -0.385 e. The first kappa shape index (κ1) is 19.9. The average molecular weight is 454 g/mol. The number of ether oxygens (including phenoxy) is 1. The molecule has 28 heavy (non-hydrogen) atoms. The van der Waals surface area contributed by atoms with Crippen molar-refractivity contribution < 1.29 is 27.5 Å². The lowest BCUT2D eigenvalue weighted by atomic mass is 10.0. The summed E-state index contributed by atoms with van der Waals surface area (Å²) in [5.74, 6) is -4.10. The van der Waals surface area contributed by atoms with Gasteiger partial charge in [0.1, 0.15) is 6.04 Å². The summed E-state index contributed by atoms with van der Waals surface area (Å²) in [7, 11) is 0. The number of esters is 2. The topological polar surface area (TPSA) is 95.2 Å². The smallest absolute Gasteiger partial charge is 0.385 e. The largest absolute Gasteiger partial charge is 0.491 e. The molecule has 1 unspecified atom stereocenters. The molecule has 1 heterocycles. The molecule has 1 atom stereocenters. The molecule has 6 nitrogen and oxygen atoms in total. The monoisotopic (exact) mass is 453 g/mol. The maximum Gasteiger partial charge on any atom is 0.491 e. The number of hydrogen-bond acceptors (Lipinski definition) is 6. The van der Waals surface area contributed by atoms with Gasteiger partial charge in [0.15, 0.2) is 0 Å². The van der Waals surface area contributed by atoms with Crippen LogP contribution in [0.1, 0.15) is 11.6 Å². The van der Waals surface area contributed by atoms with Crippen LogP contribution in [-0.2, 0) is 14.3 Å². The van der Waals surface area contributed by atoms with Crippen LogP contribution in [-0.4, -0.2) is 28.1 Å². The zero-order valence-electron chi connectivity index (χ0n) is 13.9. The van der Waals surface area contributed by atoms with Gasteiger partial charge in [-0.2, -0.15) is 13.2 Å². The van der Waals surface area contributed by atoms with Gasteiger partial charge < -0.3 is 10.5 Å². The normalized spacial score (nSPS) is 12.6. The number of aromatic nitrogens is 2. The van der Waals surface area contributed by atoms with Crippen LogP contribution >= 0.6 is 15.9 Å². The molecular formula is C18H11BrF3N3O3. The Balaban J connectivity index is 1.78. The van der Waals surface area contributed by atoms with E-state index in [9.17, 15) is 22.8 Å². The van der Waals surface area contributed by atoms with Gasteiger partial charge in [0.05, 0.1) is 22.9 Å². The van der Waals surface area contributed by atoms with Gasteiger partial charge >= 0.3 is 18.1 Å². The fourth-order valence-corrected chi connectivity index (χ4v) is 2.68. The van der Waals surface area contributed by atoms with E-state index in [-0.39, 0.29) is 5.56 Å². The molecule has 2 aromatic carbocycles. The van der Waals surface area contributed by atoms with Crippen molar-refractivity contribution in [1.82, 2.24) is 9.97 Å². The number of carbonyl (C=O) groups excluding carboxylic acids is 2. The number of halogens is 4. The molecular weight excluding hydrogens is 443 g/mol. The van der Waals surface area contributed by atoms with E-state index in [4.69, 9.17) is 5.73 Å². The van der Waals surface area contributed by atoms with Crippen LogP contribution in [0.2, 0.25) is 0 Å². The molecule has 0 saturated carbocycles. The van der Waals surface area contributed by atoms with Crippen molar-refractivity contribution in [2.75, 3.05) is 0 Å². The second-order valence-electron chi connectivity index (χ2n) is 5.69. The van der Waals surface area contributed by atoms with E-state index in [0.29, 0.717) is 22.3 Å². The first-order chi connectivity index (χ1) is 13.1. The lowest BCUT2D eigenvalue weighted by Gasteiger charge is -2.12. The highest BCUT2D eigenvalue weighted by Gasteiger charge is 2.43. The minimum absolute atomic E-state index is 0.182. The molecule has 0 aliphatic rings. The molecule has 2 N–H and O–H groups in total. The second kappa shape index (κ2) is 7.64. The number of alkyl halides is 3. The number of benzene rings is 2. The summed E-state index contributed by atoms with van der Waals surface area (Å²) in [4.78, 5) is 31.2. The first-order valence-electron chi connectivity index (χ1n) is 7.76. The standard InChI is InChI=1S/C18H11BrF3N3O3/c19-11-5-6-12-13(7-11)24-8-14(25-12)9-1-3-10(4-2-9)15(23)16(26)28-17(27)18(20,21)22/h1-8,15H,23H2. The van der Waals surface area contributed by atoms with Gasteiger partial charge in [-0.05, 0) is 23.8 Å². The van der Waals surface area contributed by atoms with Crippen molar-refractivity contribution in [2.45, 2.75) is 12.2 Å². The average Bonchev–Trinajstić information content (AvgIpc) is 2.66. The molecule has 0 radical (unpaired) electrons. The van der Waals surface area contributed by atoms with Crippen molar-refractivity contribution in [3.05, 3.63) is 58.7 Å². The number of nitrogens with two attached hydrogens (primary N) is 1. The van der Waals surface area contributed by atoms with Crippen molar-refractivity contribution >= 4 is 38.9 Å². The third kappa shape index (κ3) is 4.34. The Bertz CT molecular complexity index is 1060. The lowest BCUT2D eigenvalue weighted by Crippen LogP contribution is -2.32. The predicted molar refractivity (Wildman–Crippen MR) is 96.8 cm³/mol. The van der Waals surface area contributed by atoms with Crippen molar-refractivity contribution in [1.29, 1.82) is 0 Å². The van der Waals surface area contributed by atoms with E-state index in [1.165, 1.54) is 12.1 Å². The van der Waals surface area contributed by atoms with Gasteiger partial charge in [-0.15, -0.1) is 0 Å². The van der Waals surface area contributed by atoms with E-state index >= 15 is 0 Å². The summed E-state index contributed by atoms with van der Waals surface area (Å²) in [6.07, 6.45) is -3.70. The molecule has 0 fully saturated rings. The van der Waals surface area contributed by atoms with E-state index in [1.54, 1.807) is 24.4 Å². The second-order valence-corrected chi connectivity index (χ2v) is 6.61. The summed E-state index contributed by atoms with van der Waals surface area (Å²) in [6, 6.07) is 9.96. The molecule has 144 valence electrons. The summed E-state index contributed by atoms with van der Waals surface area (Å²) in [5, 5.41) is 0. The third-order valence-corrected chi connectivity index (χ3v) is 4.24. The molecule has 3 aromatic rings. The fraction of sp³-hybridized carbons (Fsp3) is 0.111. The number of rotatable bonds is 3. The summed E-state index contributed by atoms with van der Waals surface area (Å²) in [6.45, 7) is 0. The Morgan fingerprint density at radius 1 is 1.07 bits per heavy atom. The fourth-order valence-electron chi connectivity index (χ4n) is 2.33. The van der Waals surface area contributed by atoms with Crippen LogP contribution in [0.5, 0.6) is 0 Å². The van der Waals surface area contributed by atoms with E-state index in [1.807, 2.05) is 12.1 Å². The zero-order valence-corrected chi connectivity index (χ0v) is 15.5. The van der Waals surface area contributed by atoms with Gasteiger partial charge in [-0.25, -0.2) is 14.6 Å². The van der Waals surface area contributed by atoms with Crippen LogP contribution in [0.15, 0.2) is 53.1 Å². The highest BCUT2D eigenvalue weighted by Crippen LogP contribution is 2.24. The summed E-state index contributed by atoms with van der Waals surface area (Å²) < 4.78 is 41.1. The molecule has 0 amide bonds.